The van der Waals surface area contributed by atoms with E-state index < -0.39 is 0 Å². The number of amides is 1. The molecule has 4 heteroatoms. The maximum Gasteiger partial charge on any atom is 0.244 e. The maximum absolute atomic E-state index is 11.5. The van der Waals surface area contributed by atoms with Crippen LogP contribution in [-0.2, 0) is 4.79 Å². The van der Waals surface area contributed by atoms with Gasteiger partial charge in [0, 0.05) is 23.7 Å². The Bertz CT molecular complexity index is 439. The van der Waals surface area contributed by atoms with E-state index in [0.717, 1.165) is 11.3 Å². The van der Waals surface area contributed by atoms with E-state index in [4.69, 9.17) is 9.47 Å². The van der Waals surface area contributed by atoms with Gasteiger partial charge in [-0.1, -0.05) is 0 Å². The topological polar surface area (TPSA) is 47.6 Å². The Morgan fingerprint density at radius 1 is 1.28 bits per heavy atom. The molecule has 0 fully saturated rings. The number of hydrogen-bond donors (Lipinski definition) is 1. The Labute approximate surface area is 108 Å². The first-order chi connectivity index (χ1) is 8.56. The van der Waals surface area contributed by atoms with Gasteiger partial charge in [0.15, 0.2) is 0 Å². The number of rotatable bonds is 5. The highest BCUT2D eigenvalue weighted by molar-refractivity contribution is 5.92. The van der Waals surface area contributed by atoms with Crippen LogP contribution in [0.25, 0.3) is 6.08 Å². The summed E-state index contributed by atoms with van der Waals surface area (Å²) in [5, 5.41) is 2.78. The van der Waals surface area contributed by atoms with Crippen molar-refractivity contribution in [3.63, 3.8) is 0 Å². The van der Waals surface area contributed by atoms with Gasteiger partial charge in [-0.3, -0.25) is 4.79 Å². The smallest absolute Gasteiger partial charge is 0.244 e. The van der Waals surface area contributed by atoms with Crippen LogP contribution in [0.4, 0.5) is 0 Å². The van der Waals surface area contributed by atoms with Crippen molar-refractivity contribution < 1.29 is 14.3 Å². The second-order valence-electron chi connectivity index (χ2n) is 4.10. The second-order valence-corrected chi connectivity index (χ2v) is 4.10. The van der Waals surface area contributed by atoms with Gasteiger partial charge in [0.25, 0.3) is 0 Å². The van der Waals surface area contributed by atoms with Gasteiger partial charge in [0.05, 0.1) is 14.2 Å². The van der Waals surface area contributed by atoms with E-state index in [1.54, 1.807) is 26.4 Å². The summed E-state index contributed by atoms with van der Waals surface area (Å²) in [6.07, 6.45) is 3.21. The lowest BCUT2D eigenvalue weighted by Gasteiger charge is -2.08. The third-order valence-corrected chi connectivity index (χ3v) is 2.29. The molecule has 0 aromatic heterocycles. The molecule has 1 aromatic rings. The van der Waals surface area contributed by atoms with Crippen molar-refractivity contribution in [2.24, 2.45) is 0 Å². The number of methoxy groups -OCH3 is 2. The predicted molar refractivity (Wildman–Crippen MR) is 71.9 cm³/mol. The Balaban J connectivity index is 2.83. The second kappa shape index (κ2) is 6.69. The number of hydrogen-bond acceptors (Lipinski definition) is 3. The molecule has 0 unspecified atom stereocenters. The van der Waals surface area contributed by atoms with Gasteiger partial charge in [-0.05, 0) is 32.1 Å². The summed E-state index contributed by atoms with van der Waals surface area (Å²) in [5.74, 6) is 1.27. The van der Waals surface area contributed by atoms with E-state index >= 15 is 0 Å². The van der Waals surface area contributed by atoms with Crippen LogP contribution in [0.2, 0.25) is 0 Å². The summed E-state index contributed by atoms with van der Waals surface area (Å²) in [5.41, 5.74) is 0.831. The molecule has 0 aliphatic rings. The van der Waals surface area contributed by atoms with E-state index in [0.29, 0.717) is 5.75 Å². The number of nitrogens with one attached hydrogen (secondary N) is 1. The standard InChI is InChI=1S/C14H19NO3/c1-10(2)15-14(16)8-6-11-5-7-12(17-3)9-13(11)18-4/h5-10H,1-4H3,(H,15,16)/b8-6+. The molecule has 0 radical (unpaired) electrons. The van der Waals surface area contributed by atoms with Gasteiger partial charge in [-0.25, -0.2) is 0 Å². The van der Waals surface area contributed by atoms with Crippen molar-refractivity contribution >= 4 is 12.0 Å². The first kappa shape index (κ1) is 14.1. The molecule has 0 atom stereocenters. The molecule has 4 nitrogen and oxygen atoms in total. The average Bonchev–Trinajstić information content (AvgIpc) is 2.35. The van der Waals surface area contributed by atoms with Crippen LogP contribution < -0.4 is 14.8 Å². The summed E-state index contributed by atoms with van der Waals surface area (Å²) in [6, 6.07) is 5.57. The van der Waals surface area contributed by atoms with Gasteiger partial charge < -0.3 is 14.8 Å². The van der Waals surface area contributed by atoms with Gasteiger partial charge in [0.2, 0.25) is 5.91 Å². The van der Waals surface area contributed by atoms with Crippen molar-refractivity contribution in [3.05, 3.63) is 29.8 Å². The van der Waals surface area contributed by atoms with Crippen LogP contribution in [0.5, 0.6) is 11.5 Å². The Morgan fingerprint density at radius 3 is 2.56 bits per heavy atom. The van der Waals surface area contributed by atoms with Crippen LogP contribution in [0.15, 0.2) is 24.3 Å². The summed E-state index contributed by atoms with van der Waals surface area (Å²) < 4.78 is 10.3. The molecule has 0 bridgehead atoms. The fraction of sp³-hybridized carbons (Fsp3) is 0.357. The molecule has 0 heterocycles. The molecule has 0 aliphatic heterocycles. The van der Waals surface area contributed by atoms with E-state index in [-0.39, 0.29) is 11.9 Å². The molecule has 1 rings (SSSR count). The molecule has 0 aliphatic carbocycles. The van der Waals surface area contributed by atoms with Gasteiger partial charge >= 0.3 is 0 Å². The lowest BCUT2D eigenvalue weighted by Crippen LogP contribution is -2.28. The molecular formula is C14H19NO3. The lowest BCUT2D eigenvalue weighted by molar-refractivity contribution is -0.116. The highest BCUT2D eigenvalue weighted by Gasteiger charge is 2.03. The van der Waals surface area contributed by atoms with Gasteiger partial charge in [0.1, 0.15) is 11.5 Å². The Hall–Kier alpha value is -1.97. The zero-order chi connectivity index (χ0) is 13.5. The van der Waals surface area contributed by atoms with E-state index in [9.17, 15) is 4.79 Å². The molecular weight excluding hydrogens is 230 g/mol. The van der Waals surface area contributed by atoms with Crippen molar-refractivity contribution in [1.29, 1.82) is 0 Å². The summed E-state index contributed by atoms with van der Waals surface area (Å²) in [4.78, 5) is 11.5. The van der Waals surface area contributed by atoms with Crippen molar-refractivity contribution in [2.45, 2.75) is 19.9 Å². The Morgan fingerprint density at radius 2 is 2.00 bits per heavy atom. The Kier molecular flexibility index (Phi) is 5.24. The zero-order valence-corrected chi connectivity index (χ0v) is 11.2. The average molecular weight is 249 g/mol. The molecule has 1 amide bonds. The fourth-order valence-corrected chi connectivity index (χ4v) is 1.45. The number of carbonyl (C=O) groups is 1. The predicted octanol–water partition coefficient (Wildman–Crippen LogP) is 2.24. The third kappa shape index (κ3) is 4.13. The normalized spacial score (nSPS) is 10.7. The number of benzene rings is 1. The fourth-order valence-electron chi connectivity index (χ4n) is 1.45. The van der Waals surface area contributed by atoms with Crippen LogP contribution >= 0.6 is 0 Å². The molecule has 18 heavy (non-hydrogen) atoms. The first-order valence-electron chi connectivity index (χ1n) is 5.77. The molecule has 0 saturated heterocycles. The van der Waals surface area contributed by atoms with Crippen LogP contribution in [0.3, 0.4) is 0 Å². The number of carbonyl (C=O) groups excluding carboxylic acids is 1. The summed E-state index contributed by atoms with van der Waals surface area (Å²) in [7, 11) is 3.18. The third-order valence-electron chi connectivity index (χ3n) is 2.29. The van der Waals surface area contributed by atoms with E-state index in [2.05, 4.69) is 5.32 Å². The molecule has 0 spiro atoms. The van der Waals surface area contributed by atoms with Gasteiger partial charge in [-0.2, -0.15) is 0 Å². The maximum atomic E-state index is 11.5. The van der Waals surface area contributed by atoms with Crippen molar-refractivity contribution in [1.82, 2.24) is 5.32 Å². The van der Waals surface area contributed by atoms with E-state index in [1.165, 1.54) is 6.08 Å². The summed E-state index contributed by atoms with van der Waals surface area (Å²) in [6.45, 7) is 3.83. The van der Waals surface area contributed by atoms with E-state index in [1.807, 2.05) is 26.0 Å². The molecule has 0 saturated carbocycles. The lowest BCUT2D eigenvalue weighted by atomic mass is 10.1. The monoisotopic (exact) mass is 249 g/mol. The molecule has 1 aromatic carbocycles. The van der Waals surface area contributed by atoms with Crippen LogP contribution in [0.1, 0.15) is 19.4 Å². The zero-order valence-electron chi connectivity index (χ0n) is 11.2. The first-order valence-corrected chi connectivity index (χ1v) is 5.77. The molecule has 1 N–H and O–H groups in total. The van der Waals surface area contributed by atoms with Crippen molar-refractivity contribution in [2.75, 3.05) is 14.2 Å². The SMILES string of the molecule is COc1ccc(/C=C/C(=O)NC(C)C)c(OC)c1. The quantitative estimate of drug-likeness (QED) is 0.814. The minimum Gasteiger partial charge on any atom is -0.497 e. The van der Waals surface area contributed by atoms with Crippen LogP contribution in [-0.4, -0.2) is 26.2 Å². The number of ether oxygens (including phenoxy) is 2. The summed E-state index contributed by atoms with van der Waals surface area (Å²) >= 11 is 0. The molecule has 98 valence electrons. The minimum atomic E-state index is -0.122. The largest absolute Gasteiger partial charge is 0.497 e. The highest BCUT2D eigenvalue weighted by atomic mass is 16.5. The van der Waals surface area contributed by atoms with Crippen LogP contribution in [0, 0.1) is 0 Å². The van der Waals surface area contributed by atoms with Crippen molar-refractivity contribution in [3.8, 4) is 11.5 Å². The van der Waals surface area contributed by atoms with Gasteiger partial charge in [-0.15, -0.1) is 0 Å². The minimum absolute atomic E-state index is 0.122. The highest BCUT2D eigenvalue weighted by Crippen LogP contribution is 2.25.